The molecule has 3 nitrogen and oxygen atoms in total. The number of hydrogen-bond donors (Lipinski definition) is 1. The summed E-state index contributed by atoms with van der Waals surface area (Å²) >= 11 is 0. The fourth-order valence-corrected chi connectivity index (χ4v) is 2.12. The van der Waals surface area contributed by atoms with Gasteiger partial charge in [0.2, 0.25) is 0 Å². The first-order chi connectivity index (χ1) is 9.85. The molecule has 1 aromatic carbocycles. The maximum absolute atomic E-state index is 5.93. The van der Waals surface area contributed by atoms with Gasteiger partial charge < -0.3 is 14.5 Å². The third-order valence-corrected chi connectivity index (χ3v) is 3.29. The molecule has 2 rings (SSSR count). The summed E-state index contributed by atoms with van der Waals surface area (Å²) in [5, 5.41) is 3.35. The lowest BCUT2D eigenvalue weighted by Gasteiger charge is -2.10. The zero-order valence-electron chi connectivity index (χ0n) is 12.3. The highest BCUT2D eigenvalue weighted by atomic mass is 16.5. The van der Waals surface area contributed by atoms with Crippen LogP contribution in [-0.2, 0) is 19.6 Å². The van der Waals surface area contributed by atoms with Crippen LogP contribution in [0.1, 0.15) is 37.2 Å². The first kappa shape index (κ1) is 14.7. The molecule has 1 N–H and O–H groups in total. The largest absolute Gasteiger partial charge is 0.488 e. The normalized spacial score (nSPS) is 10.7. The zero-order chi connectivity index (χ0) is 14.2. The van der Waals surface area contributed by atoms with Crippen LogP contribution in [0.2, 0.25) is 0 Å². The van der Waals surface area contributed by atoms with Crippen LogP contribution >= 0.6 is 0 Å². The Hall–Kier alpha value is -1.74. The summed E-state index contributed by atoms with van der Waals surface area (Å²) in [5.74, 6) is 1.93. The van der Waals surface area contributed by atoms with E-state index < -0.39 is 0 Å². The van der Waals surface area contributed by atoms with Gasteiger partial charge in [-0.15, -0.1) is 0 Å². The third-order valence-electron chi connectivity index (χ3n) is 3.29. The number of ether oxygens (including phenoxy) is 1. The molecule has 0 fully saturated rings. The van der Waals surface area contributed by atoms with Gasteiger partial charge in [-0.05, 0) is 37.1 Å². The van der Waals surface area contributed by atoms with E-state index in [1.165, 1.54) is 5.56 Å². The Bertz CT molecular complexity index is 519. The second-order valence-corrected chi connectivity index (χ2v) is 4.80. The van der Waals surface area contributed by atoms with Crippen LogP contribution in [-0.4, -0.2) is 6.54 Å². The average molecular weight is 273 g/mol. The van der Waals surface area contributed by atoms with E-state index in [9.17, 15) is 0 Å². The molecule has 3 heteroatoms. The van der Waals surface area contributed by atoms with Gasteiger partial charge in [-0.2, -0.15) is 0 Å². The lowest BCUT2D eigenvalue weighted by Crippen LogP contribution is -2.14. The molecule has 0 aliphatic heterocycles. The summed E-state index contributed by atoms with van der Waals surface area (Å²) in [6.07, 6.45) is 3.83. The van der Waals surface area contributed by atoms with E-state index in [4.69, 9.17) is 9.15 Å². The van der Waals surface area contributed by atoms with Gasteiger partial charge in [-0.1, -0.05) is 32.0 Å². The molecule has 1 heterocycles. The van der Waals surface area contributed by atoms with Crippen LogP contribution in [0, 0.1) is 0 Å². The maximum atomic E-state index is 5.93. The Morgan fingerprint density at radius 1 is 1.10 bits per heavy atom. The van der Waals surface area contributed by atoms with Gasteiger partial charge in [0.05, 0.1) is 12.8 Å². The summed E-state index contributed by atoms with van der Waals surface area (Å²) in [6.45, 7) is 6.60. The van der Waals surface area contributed by atoms with E-state index in [-0.39, 0.29) is 0 Å². The van der Waals surface area contributed by atoms with Crippen LogP contribution in [0.4, 0.5) is 0 Å². The van der Waals surface area contributed by atoms with E-state index >= 15 is 0 Å². The van der Waals surface area contributed by atoms with Crippen molar-refractivity contribution in [3.05, 3.63) is 53.5 Å². The smallest absolute Gasteiger partial charge is 0.124 e. The first-order valence-electron chi connectivity index (χ1n) is 7.31. The summed E-state index contributed by atoms with van der Waals surface area (Å²) in [7, 11) is 0. The molecule has 20 heavy (non-hydrogen) atoms. The lowest BCUT2D eigenvalue weighted by molar-refractivity contribution is 0.298. The summed E-state index contributed by atoms with van der Waals surface area (Å²) in [5.41, 5.74) is 2.35. The van der Waals surface area contributed by atoms with Crippen molar-refractivity contribution < 1.29 is 9.15 Å². The van der Waals surface area contributed by atoms with Crippen molar-refractivity contribution in [3.8, 4) is 5.75 Å². The van der Waals surface area contributed by atoms with Crippen molar-refractivity contribution in [3.63, 3.8) is 0 Å². The molecule has 0 atom stereocenters. The number of nitrogens with one attached hydrogen (secondary N) is 1. The van der Waals surface area contributed by atoms with Crippen molar-refractivity contribution in [1.29, 1.82) is 0 Å². The van der Waals surface area contributed by atoms with Gasteiger partial charge in [-0.3, -0.25) is 0 Å². The van der Waals surface area contributed by atoms with Crippen molar-refractivity contribution >= 4 is 0 Å². The molecular weight excluding hydrogens is 250 g/mol. The topological polar surface area (TPSA) is 34.4 Å². The maximum Gasteiger partial charge on any atom is 0.124 e. The number of furan rings is 1. The molecule has 0 saturated carbocycles. The lowest BCUT2D eigenvalue weighted by atomic mass is 10.1. The van der Waals surface area contributed by atoms with Gasteiger partial charge in [-0.25, -0.2) is 0 Å². The molecule has 0 bridgehead atoms. The van der Waals surface area contributed by atoms with Gasteiger partial charge in [0, 0.05) is 5.56 Å². The highest BCUT2D eigenvalue weighted by Gasteiger charge is 2.08. The number of benzene rings is 1. The molecule has 108 valence electrons. The summed E-state index contributed by atoms with van der Waals surface area (Å²) < 4.78 is 11.4. The van der Waals surface area contributed by atoms with E-state index in [0.717, 1.165) is 43.0 Å². The van der Waals surface area contributed by atoms with Crippen LogP contribution in [0.25, 0.3) is 0 Å². The van der Waals surface area contributed by atoms with Crippen molar-refractivity contribution in [2.45, 2.75) is 39.8 Å². The van der Waals surface area contributed by atoms with Gasteiger partial charge in [0.25, 0.3) is 0 Å². The molecule has 0 amide bonds. The fraction of sp³-hybridized carbons (Fsp3) is 0.412. The molecule has 0 aliphatic rings. The Balaban J connectivity index is 1.95. The number of aryl methyl sites for hydroxylation is 1. The quantitative estimate of drug-likeness (QED) is 0.740. The zero-order valence-corrected chi connectivity index (χ0v) is 12.3. The number of hydrogen-bond acceptors (Lipinski definition) is 3. The first-order valence-corrected chi connectivity index (χ1v) is 7.31. The van der Waals surface area contributed by atoms with E-state index in [0.29, 0.717) is 6.61 Å². The number of para-hydroxylation sites is 1. The second kappa shape index (κ2) is 7.75. The van der Waals surface area contributed by atoms with Crippen LogP contribution in [0.15, 0.2) is 41.0 Å². The molecule has 0 spiro atoms. The average Bonchev–Trinajstić information content (AvgIpc) is 2.93. The van der Waals surface area contributed by atoms with Crippen LogP contribution in [0.3, 0.4) is 0 Å². The minimum absolute atomic E-state index is 0.552. The standard InChI is InChI=1S/C17H23NO2/c1-3-10-18-12-17-15(9-11-19-17)13-20-16-8-6-5-7-14(16)4-2/h5-9,11,18H,3-4,10,12-13H2,1-2H3. The van der Waals surface area contributed by atoms with Crippen LogP contribution in [0.5, 0.6) is 5.75 Å². The van der Waals surface area contributed by atoms with Crippen molar-refractivity contribution in [2.24, 2.45) is 0 Å². The minimum atomic E-state index is 0.552. The van der Waals surface area contributed by atoms with Gasteiger partial charge in [0.1, 0.15) is 18.1 Å². The molecule has 1 aromatic heterocycles. The van der Waals surface area contributed by atoms with Crippen molar-refractivity contribution in [2.75, 3.05) is 6.54 Å². The Morgan fingerprint density at radius 3 is 2.75 bits per heavy atom. The molecule has 0 aliphatic carbocycles. The molecule has 0 radical (unpaired) electrons. The number of rotatable bonds is 8. The van der Waals surface area contributed by atoms with Gasteiger partial charge >= 0.3 is 0 Å². The van der Waals surface area contributed by atoms with E-state index in [2.05, 4.69) is 25.2 Å². The molecular formula is C17H23NO2. The Labute approximate surface area is 121 Å². The Kier molecular flexibility index (Phi) is 5.69. The van der Waals surface area contributed by atoms with Crippen molar-refractivity contribution in [1.82, 2.24) is 5.32 Å². The Morgan fingerprint density at radius 2 is 1.95 bits per heavy atom. The van der Waals surface area contributed by atoms with E-state index in [1.54, 1.807) is 6.26 Å². The molecule has 0 saturated heterocycles. The van der Waals surface area contributed by atoms with E-state index in [1.807, 2.05) is 24.3 Å². The predicted octanol–water partition coefficient (Wildman–Crippen LogP) is 3.92. The highest BCUT2D eigenvalue weighted by molar-refractivity contribution is 5.33. The minimum Gasteiger partial charge on any atom is -0.488 e. The summed E-state index contributed by atoms with van der Waals surface area (Å²) in [6, 6.07) is 10.2. The van der Waals surface area contributed by atoms with Gasteiger partial charge in [0.15, 0.2) is 0 Å². The fourth-order valence-electron chi connectivity index (χ4n) is 2.12. The summed E-state index contributed by atoms with van der Waals surface area (Å²) in [4.78, 5) is 0. The SMILES string of the molecule is CCCNCc1occc1COc1ccccc1CC. The van der Waals surface area contributed by atoms with Crippen LogP contribution < -0.4 is 10.1 Å². The molecule has 0 unspecified atom stereocenters. The molecule has 2 aromatic rings. The monoisotopic (exact) mass is 273 g/mol. The highest BCUT2D eigenvalue weighted by Crippen LogP contribution is 2.21. The predicted molar refractivity (Wildman–Crippen MR) is 80.9 cm³/mol. The third kappa shape index (κ3) is 3.87. The second-order valence-electron chi connectivity index (χ2n) is 4.80.